The predicted molar refractivity (Wildman–Crippen MR) is 28.3 cm³/mol. The summed E-state index contributed by atoms with van der Waals surface area (Å²) in [6.07, 6.45) is 2.63. The lowest BCUT2D eigenvalue weighted by atomic mass is 9.96. The molecule has 0 aromatic heterocycles. The third-order valence-electron chi connectivity index (χ3n) is 1.34. The number of amides is 1. The highest BCUT2D eigenvalue weighted by atomic mass is 16.6. The van der Waals surface area contributed by atoms with Crippen LogP contribution in [0.1, 0.15) is 19.3 Å². The minimum Gasteiger partial charge on any atom is -0.446 e. The molecule has 0 aromatic rings. The van der Waals surface area contributed by atoms with Gasteiger partial charge in [-0.3, -0.25) is 0 Å². The number of carbonyl (C=O) groups is 1. The van der Waals surface area contributed by atoms with Crippen molar-refractivity contribution in [2.75, 3.05) is 0 Å². The smallest absolute Gasteiger partial charge is 0.404 e. The Labute approximate surface area is 47.8 Å². The zero-order chi connectivity index (χ0) is 5.98. The summed E-state index contributed by atoms with van der Waals surface area (Å²) >= 11 is 0. The number of hydrogen-bond donors (Lipinski definition) is 1. The summed E-state index contributed by atoms with van der Waals surface area (Å²) in [7, 11) is 0. The van der Waals surface area contributed by atoms with Crippen LogP contribution in [0, 0.1) is 0 Å². The van der Waals surface area contributed by atoms with E-state index in [9.17, 15) is 4.79 Å². The van der Waals surface area contributed by atoms with Crippen molar-refractivity contribution in [1.82, 2.24) is 0 Å². The lowest BCUT2D eigenvalue weighted by Gasteiger charge is -2.23. The molecule has 8 heavy (non-hydrogen) atoms. The fourth-order valence-corrected chi connectivity index (χ4v) is 0.653. The number of hydrogen-bond acceptors (Lipinski definition) is 2. The Morgan fingerprint density at radius 2 is 2.25 bits per heavy atom. The van der Waals surface area contributed by atoms with Crippen LogP contribution in [-0.4, -0.2) is 12.2 Å². The largest absolute Gasteiger partial charge is 0.446 e. The normalized spacial score (nSPS) is 19.5. The van der Waals surface area contributed by atoms with Crippen molar-refractivity contribution in [2.24, 2.45) is 5.73 Å². The van der Waals surface area contributed by atoms with Crippen molar-refractivity contribution in [2.45, 2.75) is 25.4 Å². The van der Waals surface area contributed by atoms with E-state index in [0.29, 0.717) is 0 Å². The Morgan fingerprint density at radius 1 is 1.62 bits per heavy atom. The van der Waals surface area contributed by atoms with E-state index in [1.165, 1.54) is 0 Å². The summed E-state index contributed by atoms with van der Waals surface area (Å²) in [5, 5.41) is 0. The molecule has 1 aliphatic carbocycles. The lowest BCUT2D eigenvalue weighted by molar-refractivity contribution is 0.0591. The van der Waals surface area contributed by atoms with E-state index in [0.717, 1.165) is 19.3 Å². The molecule has 0 radical (unpaired) electrons. The summed E-state index contributed by atoms with van der Waals surface area (Å²) in [6, 6.07) is 0. The van der Waals surface area contributed by atoms with E-state index >= 15 is 0 Å². The van der Waals surface area contributed by atoms with Crippen LogP contribution >= 0.6 is 0 Å². The van der Waals surface area contributed by atoms with Gasteiger partial charge >= 0.3 is 6.09 Å². The van der Waals surface area contributed by atoms with Gasteiger partial charge in [-0.1, -0.05) is 0 Å². The Balaban J connectivity index is 2.09. The van der Waals surface area contributed by atoms with Gasteiger partial charge in [-0.2, -0.15) is 0 Å². The van der Waals surface area contributed by atoms with Crippen LogP contribution < -0.4 is 5.73 Å². The Morgan fingerprint density at radius 3 is 2.38 bits per heavy atom. The fourth-order valence-electron chi connectivity index (χ4n) is 0.653. The molecule has 0 unspecified atom stereocenters. The van der Waals surface area contributed by atoms with E-state index in [4.69, 9.17) is 5.73 Å². The first-order chi connectivity index (χ1) is 3.79. The molecular weight excluding hydrogens is 106 g/mol. The molecule has 0 heterocycles. The van der Waals surface area contributed by atoms with Crippen LogP contribution in [0.15, 0.2) is 0 Å². The van der Waals surface area contributed by atoms with Gasteiger partial charge in [0.05, 0.1) is 0 Å². The molecule has 0 spiro atoms. The number of carbonyl (C=O) groups excluding carboxylic acids is 1. The molecule has 0 atom stereocenters. The lowest BCUT2D eigenvalue weighted by Crippen LogP contribution is -2.27. The topological polar surface area (TPSA) is 52.3 Å². The van der Waals surface area contributed by atoms with Gasteiger partial charge in [-0.05, 0) is 19.3 Å². The zero-order valence-electron chi connectivity index (χ0n) is 4.59. The molecule has 46 valence electrons. The minimum atomic E-state index is -0.644. The van der Waals surface area contributed by atoms with Gasteiger partial charge in [-0.25, -0.2) is 4.79 Å². The molecule has 2 N–H and O–H groups in total. The molecule has 3 heteroatoms. The second kappa shape index (κ2) is 2.03. The number of nitrogens with two attached hydrogens (primary N) is 1. The second-order valence-corrected chi connectivity index (χ2v) is 1.99. The van der Waals surface area contributed by atoms with E-state index < -0.39 is 6.09 Å². The van der Waals surface area contributed by atoms with Gasteiger partial charge in [0.15, 0.2) is 0 Å². The van der Waals surface area contributed by atoms with Crippen LogP contribution in [-0.2, 0) is 4.74 Å². The van der Waals surface area contributed by atoms with Gasteiger partial charge in [0.1, 0.15) is 6.10 Å². The van der Waals surface area contributed by atoms with Crippen molar-refractivity contribution in [3.63, 3.8) is 0 Å². The van der Waals surface area contributed by atoms with E-state index in [-0.39, 0.29) is 6.10 Å². The van der Waals surface area contributed by atoms with Crippen LogP contribution in [0.3, 0.4) is 0 Å². The van der Waals surface area contributed by atoms with Crippen molar-refractivity contribution in [1.29, 1.82) is 0 Å². The molecule has 0 aliphatic heterocycles. The molecular formula is C5H9NO2. The maximum absolute atomic E-state index is 10.0. The van der Waals surface area contributed by atoms with Gasteiger partial charge < -0.3 is 10.5 Å². The van der Waals surface area contributed by atoms with Crippen molar-refractivity contribution in [3.05, 3.63) is 0 Å². The van der Waals surface area contributed by atoms with Gasteiger partial charge in [-0.15, -0.1) is 0 Å². The first kappa shape index (κ1) is 5.41. The monoisotopic (exact) mass is 115 g/mol. The standard InChI is InChI=1S/C5H9NO2/c6-5(7)8-4-2-1-3-4/h4H,1-3H2,(H2,6,7). The van der Waals surface area contributed by atoms with Crippen molar-refractivity contribution >= 4 is 6.09 Å². The Kier molecular flexibility index (Phi) is 1.37. The van der Waals surface area contributed by atoms with Gasteiger partial charge in [0.25, 0.3) is 0 Å². The average molecular weight is 115 g/mol. The number of primary amides is 1. The Bertz CT molecular complexity index is 98.6. The maximum atomic E-state index is 10.0. The van der Waals surface area contributed by atoms with Crippen molar-refractivity contribution in [3.8, 4) is 0 Å². The second-order valence-electron chi connectivity index (χ2n) is 1.99. The van der Waals surface area contributed by atoms with Crippen LogP contribution in [0.25, 0.3) is 0 Å². The highest BCUT2D eigenvalue weighted by Crippen LogP contribution is 2.21. The SMILES string of the molecule is NC(=O)OC1CCC1. The summed E-state index contributed by atoms with van der Waals surface area (Å²) in [5.41, 5.74) is 4.74. The third-order valence-corrected chi connectivity index (χ3v) is 1.34. The molecule has 3 nitrogen and oxygen atoms in total. The summed E-state index contributed by atoms with van der Waals surface area (Å²) in [4.78, 5) is 10.0. The molecule has 1 rings (SSSR count). The summed E-state index contributed by atoms with van der Waals surface area (Å²) < 4.78 is 4.62. The molecule has 1 aliphatic rings. The first-order valence-corrected chi connectivity index (χ1v) is 2.75. The van der Waals surface area contributed by atoms with Crippen molar-refractivity contribution < 1.29 is 9.53 Å². The molecule has 1 fully saturated rings. The fraction of sp³-hybridized carbons (Fsp3) is 0.800. The summed E-state index contributed by atoms with van der Waals surface area (Å²) in [6.45, 7) is 0. The minimum absolute atomic E-state index is 0.132. The molecule has 0 bridgehead atoms. The highest BCUT2D eigenvalue weighted by molar-refractivity contribution is 5.64. The van der Waals surface area contributed by atoms with Crippen LogP contribution in [0.2, 0.25) is 0 Å². The Hall–Kier alpha value is -0.730. The van der Waals surface area contributed by atoms with Gasteiger partial charge in [0.2, 0.25) is 0 Å². The predicted octanol–water partition coefficient (Wildman–Crippen LogP) is 0.634. The third kappa shape index (κ3) is 1.12. The maximum Gasteiger partial charge on any atom is 0.404 e. The van der Waals surface area contributed by atoms with Gasteiger partial charge in [0, 0.05) is 0 Å². The zero-order valence-corrected chi connectivity index (χ0v) is 4.59. The molecule has 1 amide bonds. The summed E-state index contributed by atoms with van der Waals surface area (Å²) in [5.74, 6) is 0. The number of ether oxygens (including phenoxy) is 1. The first-order valence-electron chi connectivity index (χ1n) is 2.75. The molecule has 0 saturated heterocycles. The molecule has 0 aromatic carbocycles. The van der Waals surface area contributed by atoms with Crippen LogP contribution in [0.5, 0.6) is 0 Å². The van der Waals surface area contributed by atoms with E-state index in [1.807, 2.05) is 0 Å². The van der Waals surface area contributed by atoms with E-state index in [1.54, 1.807) is 0 Å². The van der Waals surface area contributed by atoms with Crippen LogP contribution in [0.4, 0.5) is 4.79 Å². The average Bonchev–Trinajstić information content (AvgIpc) is 1.55. The van der Waals surface area contributed by atoms with E-state index in [2.05, 4.69) is 4.74 Å². The molecule has 1 saturated carbocycles. The number of rotatable bonds is 1. The highest BCUT2D eigenvalue weighted by Gasteiger charge is 2.19. The quantitative estimate of drug-likeness (QED) is 0.545.